The van der Waals surface area contributed by atoms with E-state index in [1.54, 1.807) is 12.3 Å². The molecule has 5 heteroatoms. The van der Waals surface area contributed by atoms with Gasteiger partial charge in [0.25, 0.3) is 5.56 Å². The largest absolute Gasteiger partial charge is 0.489 e. The van der Waals surface area contributed by atoms with E-state index in [1.165, 1.54) is 21.8 Å². The molecule has 5 nitrogen and oxygen atoms in total. The Labute approximate surface area is 164 Å². The second-order valence-electron chi connectivity index (χ2n) is 7.10. The van der Waals surface area contributed by atoms with Gasteiger partial charge in [0.15, 0.2) is 0 Å². The minimum atomic E-state index is -0.735. The fraction of sp³-hybridized carbons (Fsp3) is 0.261. The first-order chi connectivity index (χ1) is 13.7. The lowest BCUT2D eigenvalue weighted by Crippen LogP contribution is -2.24. The summed E-state index contributed by atoms with van der Waals surface area (Å²) in [6.07, 6.45) is 1.95. The van der Waals surface area contributed by atoms with E-state index in [0.717, 1.165) is 30.6 Å². The van der Waals surface area contributed by atoms with Gasteiger partial charge in [-0.15, -0.1) is 0 Å². The molecule has 2 aromatic carbocycles. The summed E-state index contributed by atoms with van der Waals surface area (Å²) in [4.78, 5) is 12.4. The predicted octanol–water partition coefficient (Wildman–Crippen LogP) is 2.81. The zero-order valence-corrected chi connectivity index (χ0v) is 15.7. The van der Waals surface area contributed by atoms with E-state index in [0.29, 0.717) is 12.4 Å². The second kappa shape index (κ2) is 8.42. The van der Waals surface area contributed by atoms with Crippen LogP contribution >= 0.6 is 0 Å². The highest BCUT2D eigenvalue weighted by Gasteiger charge is 2.14. The number of hydrogen-bond acceptors (Lipinski definition) is 4. The van der Waals surface area contributed by atoms with Gasteiger partial charge in [0, 0.05) is 18.8 Å². The molecule has 0 fully saturated rings. The van der Waals surface area contributed by atoms with Crippen molar-refractivity contribution in [2.75, 3.05) is 6.54 Å². The standard InChI is InChI=1S/C23H24N2O3/c26-22(19-7-6-18-8-10-24-14-20(18)12-19)15-25-11-9-21(13-23(25)27)28-16-17-4-2-1-3-5-17/h1-7,9,11-13,22,24,26H,8,10,14-16H2. The molecule has 2 heterocycles. The summed E-state index contributed by atoms with van der Waals surface area (Å²) in [5.41, 5.74) is 4.23. The zero-order valence-electron chi connectivity index (χ0n) is 15.7. The molecule has 1 aromatic heterocycles. The number of pyridine rings is 1. The average molecular weight is 376 g/mol. The Morgan fingerprint density at radius 3 is 2.75 bits per heavy atom. The van der Waals surface area contributed by atoms with Gasteiger partial charge in [-0.25, -0.2) is 0 Å². The topological polar surface area (TPSA) is 63.5 Å². The van der Waals surface area contributed by atoms with Crippen molar-refractivity contribution in [3.8, 4) is 5.75 Å². The molecule has 3 aromatic rings. The molecule has 28 heavy (non-hydrogen) atoms. The van der Waals surface area contributed by atoms with Crippen molar-refractivity contribution in [3.63, 3.8) is 0 Å². The maximum atomic E-state index is 12.4. The lowest BCUT2D eigenvalue weighted by Gasteiger charge is -2.20. The fourth-order valence-electron chi connectivity index (χ4n) is 3.47. The molecule has 1 atom stereocenters. The Kier molecular flexibility index (Phi) is 5.55. The van der Waals surface area contributed by atoms with Gasteiger partial charge in [-0.1, -0.05) is 48.5 Å². The molecule has 0 aliphatic carbocycles. The fourth-order valence-corrected chi connectivity index (χ4v) is 3.47. The van der Waals surface area contributed by atoms with Crippen LogP contribution < -0.4 is 15.6 Å². The average Bonchev–Trinajstić information content (AvgIpc) is 2.74. The Balaban J connectivity index is 1.42. The molecule has 0 bridgehead atoms. The number of ether oxygens (including phenoxy) is 1. The highest BCUT2D eigenvalue weighted by atomic mass is 16.5. The van der Waals surface area contributed by atoms with Crippen LogP contribution in [0.5, 0.6) is 5.75 Å². The quantitative estimate of drug-likeness (QED) is 0.694. The van der Waals surface area contributed by atoms with Crippen LogP contribution in [0.15, 0.2) is 71.7 Å². The molecule has 2 N–H and O–H groups in total. The molecule has 1 aliphatic rings. The van der Waals surface area contributed by atoms with Crippen molar-refractivity contribution in [1.29, 1.82) is 0 Å². The maximum absolute atomic E-state index is 12.4. The van der Waals surface area contributed by atoms with E-state index >= 15 is 0 Å². The van der Waals surface area contributed by atoms with Gasteiger partial charge in [0.1, 0.15) is 12.4 Å². The molecule has 1 aliphatic heterocycles. The van der Waals surface area contributed by atoms with Crippen LogP contribution in [0.25, 0.3) is 0 Å². The number of aromatic nitrogens is 1. The molecular formula is C23H24N2O3. The molecule has 0 amide bonds. The van der Waals surface area contributed by atoms with Crippen LogP contribution in [-0.4, -0.2) is 16.2 Å². The van der Waals surface area contributed by atoms with E-state index < -0.39 is 6.10 Å². The Hall–Kier alpha value is -2.89. The molecular weight excluding hydrogens is 352 g/mol. The van der Waals surface area contributed by atoms with E-state index in [9.17, 15) is 9.90 Å². The summed E-state index contributed by atoms with van der Waals surface area (Å²) in [5.74, 6) is 0.527. The number of benzene rings is 2. The third-order valence-corrected chi connectivity index (χ3v) is 5.09. The van der Waals surface area contributed by atoms with Crippen LogP contribution in [0, 0.1) is 0 Å². The van der Waals surface area contributed by atoms with Gasteiger partial charge in [0.05, 0.1) is 12.6 Å². The summed E-state index contributed by atoms with van der Waals surface area (Å²) in [5, 5.41) is 14.0. The summed E-state index contributed by atoms with van der Waals surface area (Å²) in [6, 6.07) is 19.1. The van der Waals surface area contributed by atoms with Gasteiger partial charge in [-0.2, -0.15) is 0 Å². The van der Waals surface area contributed by atoms with Gasteiger partial charge in [0.2, 0.25) is 0 Å². The molecule has 0 spiro atoms. The van der Waals surface area contributed by atoms with E-state index in [1.807, 2.05) is 42.5 Å². The number of aliphatic hydroxyl groups is 1. The highest BCUT2D eigenvalue weighted by Crippen LogP contribution is 2.21. The van der Waals surface area contributed by atoms with Crippen LogP contribution in [-0.2, 0) is 26.1 Å². The number of rotatable bonds is 6. The SMILES string of the molecule is O=c1cc(OCc2ccccc2)ccn1CC(O)c1ccc2c(c1)CNCC2. The van der Waals surface area contributed by atoms with Crippen LogP contribution in [0.2, 0.25) is 0 Å². The Morgan fingerprint density at radius 1 is 1.07 bits per heavy atom. The Morgan fingerprint density at radius 2 is 1.93 bits per heavy atom. The lowest BCUT2D eigenvalue weighted by molar-refractivity contribution is 0.154. The summed E-state index contributed by atoms with van der Waals surface area (Å²) in [6.45, 7) is 2.44. The number of fused-ring (bicyclic) bond motifs is 1. The molecule has 1 unspecified atom stereocenters. The zero-order chi connectivity index (χ0) is 19.3. The molecule has 4 rings (SSSR count). The number of nitrogens with zero attached hydrogens (tertiary/aromatic N) is 1. The van der Waals surface area contributed by atoms with E-state index in [2.05, 4.69) is 11.4 Å². The van der Waals surface area contributed by atoms with Gasteiger partial charge >= 0.3 is 0 Å². The van der Waals surface area contributed by atoms with Crippen molar-refractivity contribution in [2.45, 2.75) is 32.2 Å². The third-order valence-electron chi connectivity index (χ3n) is 5.09. The summed E-state index contributed by atoms with van der Waals surface area (Å²) >= 11 is 0. The Bertz CT molecular complexity index is 998. The smallest absolute Gasteiger partial charge is 0.254 e. The molecule has 144 valence electrons. The summed E-state index contributed by atoms with van der Waals surface area (Å²) in [7, 11) is 0. The molecule has 0 saturated carbocycles. The summed E-state index contributed by atoms with van der Waals surface area (Å²) < 4.78 is 7.21. The first-order valence-electron chi connectivity index (χ1n) is 9.57. The van der Waals surface area contributed by atoms with E-state index in [4.69, 9.17) is 4.74 Å². The normalized spacial score (nSPS) is 14.3. The van der Waals surface area contributed by atoms with Gasteiger partial charge in [-0.05, 0) is 41.3 Å². The van der Waals surface area contributed by atoms with Crippen molar-refractivity contribution in [2.24, 2.45) is 0 Å². The van der Waals surface area contributed by atoms with Crippen molar-refractivity contribution < 1.29 is 9.84 Å². The number of hydrogen-bond donors (Lipinski definition) is 2. The van der Waals surface area contributed by atoms with Crippen molar-refractivity contribution in [1.82, 2.24) is 9.88 Å². The predicted molar refractivity (Wildman–Crippen MR) is 108 cm³/mol. The second-order valence-corrected chi connectivity index (χ2v) is 7.10. The lowest BCUT2D eigenvalue weighted by atomic mass is 9.96. The first-order valence-corrected chi connectivity index (χ1v) is 9.57. The minimum Gasteiger partial charge on any atom is -0.489 e. The third kappa shape index (κ3) is 4.32. The maximum Gasteiger partial charge on any atom is 0.254 e. The first kappa shape index (κ1) is 18.5. The van der Waals surface area contributed by atoms with Crippen LogP contribution in [0.1, 0.15) is 28.4 Å². The molecule has 0 radical (unpaired) electrons. The van der Waals surface area contributed by atoms with Gasteiger partial charge in [-0.3, -0.25) is 4.79 Å². The van der Waals surface area contributed by atoms with Gasteiger partial charge < -0.3 is 19.7 Å². The van der Waals surface area contributed by atoms with Crippen molar-refractivity contribution >= 4 is 0 Å². The van der Waals surface area contributed by atoms with Crippen LogP contribution in [0.4, 0.5) is 0 Å². The highest BCUT2D eigenvalue weighted by molar-refractivity contribution is 5.34. The van der Waals surface area contributed by atoms with Crippen molar-refractivity contribution in [3.05, 3.63) is 99.5 Å². The monoisotopic (exact) mass is 376 g/mol. The van der Waals surface area contributed by atoms with Crippen LogP contribution in [0.3, 0.4) is 0 Å². The minimum absolute atomic E-state index is 0.191. The van der Waals surface area contributed by atoms with E-state index in [-0.39, 0.29) is 12.1 Å². The number of nitrogens with one attached hydrogen (secondary N) is 1. The number of aliphatic hydroxyl groups excluding tert-OH is 1. The molecule has 0 saturated heterocycles.